The molecule has 1 saturated heterocycles. The highest BCUT2D eigenvalue weighted by atomic mass is 35.5. The van der Waals surface area contributed by atoms with Crippen LogP contribution < -0.4 is 5.32 Å². The molecule has 18 heavy (non-hydrogen) atoms. The number of sulfone groups is 1. The SMILES string of the molecule is O=S(=O)(CCC1CCCCN1)c1ccc(Cl)cc1. The number of halogens is 1. The average Bonchev–Trinajstić information content (AvgIpc) is 2.38. The van der Waals surface area contributed by atoms with E-state index < -0.39 is 9.84 Å². The third kappa shape index (κ3) is 3.70. The molecule has 0 spiro atoms. The second-order valence-corrected chi connectivity index (χ2v) is 7.25. The Kier molecular flexibility index (Phi) is 4.65. The smallest absolute Gasteiger partial charge is 0.178 e. The molecule has 1 aromatic carbocycles. The van der Waals surface area contributed by atoms with E-state index in [1.807, 2.05) is 0 Å². The van der Waals surface area contributed by atoms with Crippen LogP contribution in [0, 0.1) is 0 Å². The lowest BCUT2D eigenvalue weighted by atomic mass is 10.0. The third-order valence-electron chi connectivity index (χ3n) is 3.32. The zero-order valence-corrected chi connectivity index (χ0v) is 11.8. The second-order valence-electron chi connectivity index (χ2n) is 4.71. The van der Waals surface area contributed by atoms with Crippen LogP contribution in [0.25, 0.3) is 0 Å². The van der Waals surface area contributed by atoms with Crippen LogP contribution in [0.5, 0.6) is 0 Å². The molecule has 100 valence electrons. The summed E-state index contributed by atoms with van der Waals surface area (Å²) in [7, 11) is -3.18. The van der Waals surface area contributed by atoms with Gasteiger partial charge in [0.25, 0.3) is 0 Å². The number of hydrogen-bond acceptors (Lipinski definition) is 3. The first-order valence-electron chi connectivity index (χ1n) is 6.30. The van der Waals surface area contributed by atoms with Gasteiger partial charge in [0.2, 0.25) is 0 Å². The fourth-order valence-corrected chi connectivity index (χ4v) is 3.73. The molecule has 0 aromatic heterocycles. The van der Waals surface area contributed by atoms with Gasteiger partial charge in [-0.25, -0.2) is 8.42 Å². The van der Waals surface area contributed by atoms with Gasteiger partial charge in [0.15, 0.2) is 9.84 Å². The molecule has 1 aromatic rings. The molecular weight excluding hydrogens is 270 g/mol. The maximum Gasteiger partial charge on any atom is 0.178 e. The molecule has 1 aliphatic rings. The Balaban J connectivity index is 1.96. The van der Waals surface area contributed by atoms with Crippen LogP contribution in [0.1, 0.15) is 25.7 Å². The molecule has 0 aliphatic carbocycles. The molecule has 2 rings (SSSR count). The van der Waals surface area contributed by atoms with Crippen molar-refractivity contribution in [2.75, 3.05) is 12.3 Å². The molecule has 0 bridgehead atoms. The summed E-state index contributed by atoms with van der Waals surface area (Å²) in [5.74, 6) is 0.201. The number of benzene rings is 1. The van der Waals surface area contributed by atoms with Crippen molar-refractivity contribution in [2.24, 2.45) is 0 Å². The summed E-state index contributed by atoms with van der Waals surface area (Å²) in [5.41, 5.74) is 0. The fraction of sp³-hybridized carbons (Fsp3) is 0.538. The Hall–Kier alpha value is -0.580. The minimum Gasteiger partial charge on any atom is -0.314 e. The van der Waals surface area contributed by atoms with Crippen molar-refractivity contribution in [3.05, 3.63) is 29.3 Å². The number of rotatable bonds is 4. The Labute approximate surface area is 113 Å². The fourth-order valence-electron chi connectivity index (χ4n) is 2.23. The van der Waals surface area contributed by atoms with Gasteiger partial charge in [-0.3, -0.25) is 0 Å². The van der Waals surface area contributed by atoms with Crippen molar-refractivity contribution in [1.82, 2.24) is 5.32 Å². The van der Waals surface area contributed by atoms with Gasteiger partial charge in [-0.15, -0.1) is 0 Å². The molecular formula is C13H18ClNO2S. The quantitative estimate of drug-likeness (QED) is 0.926. The first kappa shape index (κ1) is 13.8. The maximum atomic E-state index is 12.1. The zero-order chi connectivity index (χ0) is 13.0. The average molecular weight is 288 g/mol. The van der Waals surface area contributed by atoms with Gasteiger partial charge in [-0.05, 0) is 50.1 Å². The van der Waals surface area contributed by atoms with Crippen LogP contribution in [0.4, 0.5) is 0 Å². The van der Waals surface area contributed by atoms with Crippen LogP contribution >= 0.6 is 11.6 Å². The van der Waals surface area contributed by atoms with Crippen molar-refractivity contribution in [2.45, 2.75) is 36.6 Å². The van der Waals surface area contributed by atoms with Crippen LogP contribution in [-0.4, -0.2) is 26.8 Å². The Morgan fingerprint density at radius 3 is 2.56 bits per heavy atom. The monoisotopic (exact) mass is 287 g/mol. The van der Waals surface area contributed by atoms with E-state index >= 15 is 0 Å². The topological polar surface area (TPSA) is 46.2 Å². The summed E-state index contributed by atoms with van der Waals surface area (Å²) in [4.78, 5) is 0.364. The first-order chi connectivity index (χ1) is 8.58. The Bertz CT molecular complexity index is 478. The van der Waals surface area contributed by atoms with Crippen molar-refractivity contribution < 1.29 is 8.42 Å². The predicted molar refractivity (Wildman–Crippen MR) is 73.8 cm³/mol. The van der Waals surface area contributed by atoms with E-state index in [0.29, 0.717) is 22.4 Å². The third-order valence-corrected chi connectivity index (χ3v) is 5.34. The molecule has 1 atom stereocenters. The van der Waals surface area contributed by atoms with Gasteiger partial charge in [-0.2, -0.15) is 0 Å². The lowest BCUT2D eigenvalue weighted by Crippen LogP contribution is -2.35. The lowest BCUT2D eigenvalue weighted by Gasteiger charge is -2.23. The van der Waals surface area contributed by atoms with E-state index in [9.17, 15) is 8.42 Å². The highest BCUT2D eigenvalue weighted by molar-refractivity contribution is 7.91. The summed E-state index contributed by atoms with van der Waals surface area (Å²) in [5, 5.41) is 3.92. The van der Waals surface area contributed by atoms with Gasteiger partial charge in [0.05, 0.1) is 10.6 Å². The summed E-state index contributed by atoms with van der Waals surface area (Å²) >= 11 is 5.76. The van der Waals surface area contributed by atoms with Gasteiger partial charge in [-0.1, -0.05) is 18.0 Å². The minimum absolute atomic E-state index is 0.201. The molecule has 1 aliphatic heterocycles. The van der Waals surface area contributed by atoms with Crippen molar-refractivity contribution in [3.63, 3.8) is 0 Å². The Morgan fingerprint density at radius 1 is 1.22 bits per heavy atom. The summed E-state index contributed by atoms with van der Waals surface area (Å²) < 4.78 is 24.2. The summed E-state index contributed by atoms with van der Waals surface area (Å²) in [6.07, 6.45) is 4.15. The molecule has 1 unspecified atom stereocenters. The minimum atomic E-state index is -3.18. The standard InChI is InChI=1S/C13H18ClNO2S/c14-11-4-6-13(7-5-11)18(16,17)10-8-12-3-1-2-9-15-12/h4-7,12,15H,1-3,8-10H2. The van der Waals surface area contributed by atoms with Gasteiger partial charge in [0, 0.05) is 11.1 Å². The van der Waals surface area contributed by atoms with E-state index in [1.165, 1.54) is 12.8 Å². The highest BCUT2D eigenvalue weighted by Gasteiger charge is 2.19. The molecule has 1 N–H and O–H groups in total. The normalized spacial score (nSPS) is 20.8. The van der Waals surface area contributed by atoms with E-state index in [-0.39, 0.29) is 5.75 Å². The van der Waals surface area contributed by atoms with Crippen LogP contribution in [0.15, 0.2) is 29.2 Å². The molecule has 1 fully saturated rings. The second kappa shape index (κ2) is 6.04. The zero-order valence-electron chi connectivity index (χ0n) is 10.2. The van der Waals surface area contributed by atoms with Crippen molar-refractivity contribution in [1.29, 1.82) is 0 Å². The van der Waals surface area contributed by atoms with E-state index in [1.54, 1.807) is 24.3 Å². The maximum absolute atomic E-state index is 12.1. The first-order valence-corrected chi connectivity index (χ1v) is 8.33. The largest absolute Gasteiger partial charge is 0.314 e. The van der Waals surface area contributed by atoms with Gasteiger partial charge < -0.3 is 5.32 Å². The predicted octanol–water partition coefficient (Wildman–Crippen LogP) is 2.65. The summed E-state index contributed by atoms with van der Waals surface area (Å²) in [6.45, 7) is 1.01. The molecule has 0 amide bonds. The number of nitrogens with one attached hydrogen (secondary N) is 1. The molecule has 0 radical (unpaired) electrons. The molecule has 1 heterocycles. The lowest BCUT2D eigenvalue weighted by molar-refractivity contribution is 0.392. The van der Waals surface area contributed by atoms with E-state index in [4.69, 9.17) is 11.6 Å². The van der Waals surface area contributed by atoms with Gasteiger partial charge >= 0.3 is 0 Å². The van der Waals surface area contributed by atoms with Gasteiger partial charge in [0.1, 0.15) is 0 Å². The van der Waals surface area contributed by atoms with E-state index in [0.717, 1.165) is 13.0 Å². The number of hydrogen-bond donors (Lipinski definition) is 1. The molecule has 3 nitrogen and oxygen atoms in total. The van der Waals surface area contributed by atoms with Crippen LogP contribution in [-0.2, 0) is 9.84 Å². The van der Waals surface area contributed by atoms with Crippen LogP contribution in [0.3, 0.4) is 0 Å². The molecule has 0 saturated carbocycles. The molecule has 5 heteroatoms. The van der Waals surface area contributed by atoms with Crippen molar-refractivity contribution >= 4 is 21.4 Å². The van der Waals surface area contributed by atoms with E-state index in [2.05, 4.69) is 5.32 Å². The summed E-state index contributed by atoms with van der Waals surface area (Å²) in [6, 6.07) is 6.74. The Morgan fingerprint density at radius 2 is 1.94 bits per heavy atom. The van der Waals surface area contributed by atoms with Crippen molar-refractivity contribution in [3.8, 4) is 0 Å². The highest BCUT2D eigenvalue weighted by Crippen LogP contribution is 2.18. The number of piperidine rings is 1. The van der Waals surface area contributed by atoms with Crippen LogP contribution in [0.2, 0.25) is 5.02 Å².